The molecule has 3 aliphatic rings. The molecule has 2 aromatic heterocycles. The molecule has 0 aliphatic carbocycles. The topological polar surface area (TPSA) is 116 Å². The van der Waals surface area contributed by atoms with Crippen LogP contribution in [0.3, 0.4) is 0 Å². The molecule has 0 spiro atoms. The lowest BCUT2D eigenvalue weighted by molar-refractivity contribution is -0.135. The third kappa shape index (κ3) is 3.97. The van der Waals surface area contributed by atoms with Gasteiger partial charge in [-0.15, -0.1) is 11.8 Å². The van der Waals surface area contributed by atoms with E-state index in [1.54, 1.807) is 11.1 Å². The van der Waals surface area contributed by atoms with Gasteiger partial charge in [-0.05, 0) is 31.4 Å². The van der Waals surface area contributed by atoms with Gasteiger partial charge in [0.05, 0.1) is 17.9 Å². The number of aliphatic hydroxyl groups is 1. The number of thioether (sulfide) groups is 1. The van der Waals surface area contributed by atoms with Gasteiger partial charge in [0, 0.05) is 48.0 Å². The van der Waals surface area contributed by atoms with E-state index in [1.807, 2.05) is 18.0 Å². The number of likely N-dealkylation sites (tertiary alicyclic amines) is 1. The highest BCUT2D eigenvalue weighted by Crippen LogP contribution is 2.39. The summed E-state index contributed by atoms with van der Waals surface area (Å²) in [6.07, 6.45) is 10.2. The van der Waals surface area contributed by atoms with Gasteiger partial charge in [0.15, 0.2) is 17.2 Å². The summed E-state index contributed by atoms with van der Waals surface area (Å²) in [6.45, 7) is 4.15. The van der Waals surface area contributed by atoms with Crippen LogP contribution in [-0.2, 0) is 4.79 Å². The summed E-state index contributed by atoms with van der Waals surface area (Å²) >= 11 is 1.83. The molecule has 2 N–H and O–H groups in total. The normalized spacial score (nSPS) is 23.3. The van der Waals surface area contributed by atoms with Crippen molar-refractivity contribution in [1.29, 1.82) is 0 Å². The van der Waals surface area contributed by atoms with Crippen molar-refractivity contribution < 1.29 is 15.0 Å². The molecule has 0 aromatic carbocycles. The van der Waals surface area contributed by atoms with Crippen LogP contribution in [0.2, 0.25) is 0 Å². The predicted octanol–water partition coefficient (Wildman–Crippen LogP) is 2.57. The van der Waals surface area contributed by atoms with Crippen molar-refractivity contribution in [2.75, 3.05) is 25.4 Å². The van der Waals surface area contributed by atoms with Crippen LogP contribution >= 0.6 is 11.8 Å². The number of hydrogen-bond donors (Lipinski definition) is 2. The molecule has 3 aliphatic heterocycles. The standard InChI is InChI=1S/C23H26N6O3S/c1-24-23-21(32)20(14-4-7-28(8-5-14)19(31)12-30)27-22-17(11-26-29(22)23)15-2-3-18(25-10-15)16-6-9-33-13-16/h2,6,9-11,14,16,18,30,32H,1,3-5,7-8,12-13H2. The molecule has 172 valence electrons. The van der Waals surface area contributed by atoms with E-state index in [-0.39, 0.29) is 29.4 Å². The fourth-order valence-electron chi connectivity index (χ4n) is 4.74. The average Bonchev–Trinajstić information content (AvgIpc) is 3.54. The monoisotopic (exact) mass is 466 g/mol. The first-order valence-electron chi connectivity index (χ1n) is 11.1. The van der Waals surface area contributed by atoms with Crippen LogP contribution in [0.5, 0.6) is 5.75 Å². The zero-order valence-electron chi connectivity index (χ0n) is 18.2. The van der Waals surface area contributed by atoms with Gasteiger partial charge >= 0.3 is 0 Å². The minimum atomic E-state index is -0.489. The highest BCUT2D eigenvalue weighted by atomic mass is 32.2. The van der Waals surface area contributed by atoms with E-state index in [2.05, 4.69) is 34.4 Å². The van der Waals surface area contributed by atoms with Gasteiger partial charge in [-0.3, -0.25) is 9.79 Å². The zero-order chi connectivity index (χ0) is 22.9. The minimum absolute atomic E-state index is 0.0315. The maximum Gasteiger partial charge on any atom is 0.248 e. The molecule has 9 nitrogen and oxygen atoms in total. The van der Waals surface area contributed by atoms with Crippen molar-refractivity contribution in [1.82, 2.24) is 19.5 Å². The quantitative estimate of drug-likeness (QED) is 0.655. The molecular weight excluding hydrogens is 440 g/mol. The number of hydrogen-bond acceptors (Lipinski definition) is 8. The molecule has 33 heavy (non-hydrogen) atoms. The highest BCUT2D eigenvalue weighted by molar-refractivity contribution is 8.02. The Morgan fingerprint density at radius 2 is 2.15 bits per heavy atom. The number of fused-ring (bicyclic) bond motifs is 1. The Morgan fingerprint density at radius 1 is 1.33 bits per heavy atom. The summed E-state index contributed by atoms with van der Waals surface area (Å²) in [5.41, 5.74) is 2.94. The molecule has 10 heteroatoms. The van der Waals surface area contributed by atoms with Crippen molar-refractivity contribution in [2.45, 2.75) is 31.2 Å². The van der Waals surface area contributed by atoms with Crippen LogP contribution in [0.25, 0.3) is 11.2 Å². The van der Waals surface area contributed by atoms with Crippen LogP contribution in [0.1, 0.15) is 36.4 Å². The number of amides is 1. The number of piperidine rings is 1. The van der Waals surface area contributed by atoms with Crippen molar-refractivity contribution >= 4 is 47.6 Å². The number of dihydropyridines is 1. The molecule has 2 aromatic rings. The SMILES string of the molecule is C=Nc1c(O)c(C2CCN(C(=O)CO)CC2)nc2c(C3=CCC(C4C=CSC4)N=C3)cnn12. The second kappa shape index (κ2) is 9.11. The van der Waals surface area contributed by atoms with Crippen molar-refractivity contribution in [3.05, 3.63) is 35.0 Å². The van der Waals surface area contributed by atoms with E-state index in [1.165, 1.54) is 4.52 Å². The Hall–Kier alpha value is -2.98. The number of aromatic hydroxyl groups is 1. The Labute approximate surface area is 195 Å². The van der Waals surface area contributed by atoms with E-state index in [9.17, 15) is 9.90 Å². The Kier molecular flexibility index (Phi) is 6.03. The molecule has 0 radical (unpaired) electrons. The number of aromatic nitrogens is 3. The van der Waals surface area contributed by atoms with E-state index in [0.29, 0.717) is 43.2 Å². The molecule has 1 saturated heterocycles. The van der Waals surface area contributed by atoms with Gasteiger partial charge in [0.2, 0.25) is 5.91 Å². The van der Waals surface area contributed by atoms with Gasteiger partial charge in [-0.1, -0.05) is 12.2 Å². The number of aliphatic imine (C=N–C) groups is 2. The number of rotatable bonds is 5. The number of aliphatic hydroxyl groups excluding tert-OH is 1. The second-order valence-corrected chi connectivity index (χ2v) is 9.44. The highest BCUT2D eigenvalue weighted by Gasteiger charge is 2.29. The lowest BCUT2D eigenvalue weighted by Gasteiger charge is -2.31. The maximum atomic E-state index is 11.8. The van der Waals surface area contributed by atoms with Crippen LogP contribution in [0.15, 0.2) is 33.7 Å². The summed E-state index contributed by atoms with van der Waals surface area (Å²) < 4.78 is 1.52. The van der Waals surface area contributed by atoms with Crippen molar-refractivity contribution in [2.24, 2.45) is 15.9 Å². The van der Waals surface area contributed by atoms with Crippen molar-refractivity contribution in [3.63, 3.8) is 0 Å². The van der Waals surface area contributed by atoms with Gasteiger partial charge in [-0.2, -0.15) is 9.61 Å². The summed E-state index contributed by atoms with van der Waals surface area (Å²) in [5.74, 6) is 1.45. The van der Waals surface area contributed by atoms with Crippen LogP contribution < -0.4 is 0 Å². The van der Waals surface area contributed by atoms with E-state index < -0.39 is 6.61 Å². The average molecular weight is 467 g/mol. The van der Waals surface area contributed by atoms with E-state index in [0.717, 1.165) is 23.3 Å². The Bertz CT molecular complexity index is 1180. The molecule has 1 amide bonds. The van der Waals surface area contributed by atoms with Gasteiger partial charge in [-0.25, -0.2) is 9.98 Å². The van der Waals surface area contributed by atoms with Crippen LogP contribution in [0, 0.1) is 5.92 Å². The Morgan fingerprint density at radius 3 is 2.79 bits per heavy atom. The maximum absolute atomic E-state index is 11.8. The summed E-state index contributed by atoms with van der Waals surface area (Å²) in [6, 6.07) is 0.256. The van der Waals surface area contributed by atoms with E-state index in [4.69, 9.17) is 15.1 Å². The molecule has 0 bridgehead atoms. The lowest BCUT2D eigenvalue weighted by Crippen LogP contribution is -2.39. The fourth-order valence-corrected chi connectivity index (χ4v) is 5.72. The van der Waals surface area contributed by atoms with Crippen LogP contribution in [-0.4, -0.2) is 80.0 Å². The number of carbonyl (C=O) groups excluding carboxylic acids is 1. The first-order chi connectivity index (χ1) is 16.1. The number of carbonyl (C=O) groups is 1. The molecule has 5 heterocycles. The smallest absolute Gasteiger partial charge is 0.248 e. The van der Waals surface area contributed by atoms with Gasteiger partial charge in [0.25, 0.3) is 0 Å². The first kappa shape index (κ1) is 21.8. The summed E-state index contributed by atoms with van der Waals surface area (Å²) in [5, 5.41) is 26.6. The van der Waals surface area contributed by atoms with Crippen molar-refractivity contribution in [3.8, 4) is 5.75 Å². The van der Waals surface area contributed by atoms with E-state index >= 15 is 0 Å². The fraction of sp³-hybridized carbons (Fsp3) is 0.435. The zero-order valence-corrected chi connectivity index (χ0v) is 19.0. The molecule has 2 atom stereocenters. The third-order valence-corrected chi connectivity index (χ3v) is 7.57. The van der Waals surface area contributed by atoms with Crippen LogP contribution in [0.4, 0.5) is 5.82 Å². The van der Waals surface area contributed by atoms with Gasteiger partial charge < -0.3 is 15.1 Å². The molecule has 5 rings (SSSR count). The molecular formula is C23H26N6O3S. The summed E-state index contributed by atoms with van der Waals surface area (Å²) in [4.78, 5) is 27.1. The second-order valence-electron chi connectivity index (χ2n) is 8.50. The Balaban J connectivity index is 1.45. The first-order valence-corrected chi connectivity index (χ1v) is 12.1. The predicted molar refractivity (Wildman–Crippen MR) is 129 cm³/mol. The number of allylic oxidation sites excluding steroid dienone is 1. The largest absolute Gasteiger partial charge is 0.503 e. The molecule has 1 fully saturated rings. The lowest BCUT2D eigenvalue weighted by atomic mass is 9.92. The molecule has 2 unspecified atom stereocenters. The van der Waals surface area contributed by atoms with Gasteiger partial charge in [0.1, 0.15) is 6.61 Å². The molecule has 0 saturated carbocycles. The minimum Gasteiger partial charge on any atom is -0.503 e. The third-order valence-electron chi connectivity index (χ3n) is 6.64. The summed E-state index contributed by atoms with van der Waals surface area (Å²) in [7, 11) is 0. The number of nitrogens with zero attached hydrogens (tertiary/aromatic N) is 6.